The van der Waals surface area contributed by atoms with E-state index in [-0.39, 0.29) is 6.04 Å². The summed E-state index contributed by atoms with van der Waals surface area (Å²) >= 11 is 12.0. The Hall–Kier alpha value is -1.25. The highest BCUT2D eigenvalue weighted by Crippen LogP contribution is 2.27. The molecule has 0 radical (unpaired) electrons. The number of hydrogen-bond donors (Lipinski definition) is 1. The molecular weight excluding hydrogens is 279 g/mol. The van der Waals surface area contributed by atoms with E-state index >= 15 is 0 Å². The Morgan fingerprint density at radius 2 is 1.89 bits per heavy atom. The number of nitrogens with one attached hydrogen (secondary N) is 1. The Kier molecular flexibility index (Phi) is 4.67. The van der Waals surface area contributed by atoms with Gasteiger partial charge in [0, 0.05) is 6.04 Å². The predicted molar refractivity (Wildman–Crippen MR) is 82.2 cm³/mol. The second kappa shape index (κ2) is 6.27. The van der Waals surface area contributed by atoms with Crippen molar-refractivity contribution >= 4 is 28.9 Å². The van der Waals surface area contributed by atoms with Crippen LogP contribution in [0, 0.1) is 6.92 Å². The van der Waals surface area contributed by atoms with E-state index in [2.05, 4.69) is 29.4 Å². The average Bonchev–Trinajstić information content (AvgIpc) is 2.35. The first kappa shape index (κ1) is 14.2. The summed E-state index contributed by atoms with van der Waals surface area (Å²) in [6.07, 6.45) is 0.930. The topological polar surface area (TPSA) is 24.9 Å². The van der Waals surface area contributed by atoms with Gasteiger partial charge in [0.15, 0.2) is 5.15 Å². The van der Waals surface area contributed by atoms with Gasteiger partial charge in [0.2, 0.25) is 0 Å². The number of aryl methyl sites for hydroxylation is 1. The van der Waals surface area contributed by atoms with Gasteiger partial charge in [0.1, 0.15) is 5.15 Å². The SMILES string of the molecule is Cc1cc(Cl)nc(Cl)c1NC(C)Cc1ccccc1. The van der Waals surface area contributed by atoms with Gasteiger partial charge in [0.05, 0.1) is 5.69 Å². The van der Waals surface area contributed by atoms with Gasteiger partial charge in [-0.2, -0.15) is 0 Å². The van der Waals surface area contributed by atoms with Crippen LogP contribution >= 0.6 is 23.2 Å². The van der Waals surface area contributed by atoms with Crippen LogP contribution in [-0.2, 0) is 6.42 Å². The van der Waals surface area contributed by atoms with E-state index in [0.29, 0.717) is 10.3 Å². The summed E-state index contributed by atoms with van der Waals surface area (Å²) < 4.78 is 0. The highest BCUT2D eigenvalue weighted by atomic mass is 35.5. The molecule has 1 aromatic heterocycles. The molecule has 19 heavy (non-hydrogen) atoms. The molecule has 1 atom stereocenters. The monoisotopic (exact) mass is 294 g/mol. The van der Waals surface area contributed by atoms with Crippen molar-refractivity contribution in [3.8, 4) is 0 Å². The standard InChI is InChI=1S/C15H16Cl2N2/c1-10-8-13(16)19-15(17)14(10)18-11(2)9-12-6-4-3-5-7-12/h3-8,11,18H,9H2,1-2H3. The van der Waals surface area contributed by atoms with Gasteiger partial charge in [-0.1, -0.05) is 53.5 Å². The number of pyridine rings is 1. The second-order valence-corrected chi connectivity index (χ2v) is 5.41. The van der Waals surface area contributed by atoms with Crippen LogP contribution in [0.3, 0.4) is 0 Å². The van der Waals surface area contributed by atoms with Crippen molar-refractivity contribution in [2.45, 2.75) is 26.3 Å². The third-order valence-corrected chi connectivity index (χ3v) is 3.38. The molecule has 4 heteroatoms. The minimum absolute atomic E-state index is 0.265. The number of nitrogens with zero attached hydrogens (tertiary/aromatic N) is 1. The van der Waals surface area contributed by atoms with Crippen LogP contribution in [0.25, 0.3) is 0 Å². The molecule has 0 aliphatic heterocycles. The average molecular weight is 295 g/mol. The third kappa shape index (κ3) is 3.85. The molecule has 1 aromatic carbocycles. The number of rotatable bonds is 4. The minimum atomic E-state index is 0.265. The lowest BCUT2D eigenvalue weighted by Crippen LogP contribution is -2.19. The summed E-state index contributed by atoms with van der Waals surface area (Å²) in [6.45, 7) is 4.09. The summed E-state index contributed by atoms with van der Waals surface area (Å²) in [5.74, 6) is 0. The molecule has 2 nitrogen and oxygen atoms in total. The molecule has 0 saturated heterocycles. The molecule has 0 aliphatic rings. The number of halogens is 2. The molecule has 1 N–H and O–H groups in total. The van der Waals surface area contributed by atoms with Gasteiger partial charge in [-0.3, -0.25) is 0 Å². The molecule has 0 fully saturated rings. The van der Waals surface area contributed by atoms with Crippen LogP contribution in [0.1, 0.15) is 18.1 Å². The quantitative estimate of drug-likeness (QED) is 0.824. The summed E-state index contributed by atoms with van der Waals surface area (Å²) in [5.41, 5.74) is 3.15. The number of anilines is 1. The van der Waals surface area contributed by atoms with E-state index in [4.69, 9.17) is 23.2 Å². The van der Waals surface area contributed by atoms with Crippen molar-refractivity contribution in [2.24, 2.45) is 0 Å². The fourth-order valence-electron chi connectivity index (χ4n) is 2.03. The molecule has 0 bridgehead atoms. The summed E-state index contributed by atoms with van der Waals surface area (Å²) in [5, 5.41) is 4.24. The van der Waals surface area contributed by atoms with Crippen molar-refractivity contribution in [1.29, 1.82) is 0 Å². The largest absolute Gasteiger partial charge is 0.380 e. The maximum Gasteiger partial charge on any atom is 0.154 e. The van der Waals surface area contributed by atoms with E-state index in [9.17, 15) is 0 Å². The molecular formula is C15H16Cl2N2. The van der Waals surface area contributed by atoms with E-state index in [1.54, 1.807) is 0 Å². The molecule has 0 saturated carbocycles. The predicted octanol–water partition coefficient (Wildman–Crippen LogP) is 4.74. The van der Waals surface area contributed by atoms with E-state index in [1.807, 2.05) is 31.2 Å². The zero-order valence-corrected chi connectivity index (χ0v) is 12.5. The van der Waals surface area contributed by atoms with Gasteiger partial charge >= 0.3 is 0 Å². The third-order valence-electron chi connectivity index (χ3n) is 2.92. The lowest BCUT2D eigenvalue weighted by atomic mass is 10.1. The second-order valence-electron chi connectivity index (χ2n) is 4.66. The Balaban J connectivity index is 2.09. The van der Waals surface area contributed by atoms with E-state index < -0.39 is 0 Å². The van der Waals surface area contributed by atoms with Crippen LogP contribution in [0.5, 0.6) is 0 Å². The highest BCUT2D eigenvalue weighted by molar-refractivity contribution is 6.34. The fraction of sp³-hybridized carbons (Fsp3) is 0.267. The molecule has 0 spiro atoms. The lowest BCUT2D eigenvalue weighted by Gasteiger charge is -2.18. The Morgan fingerprint density at radius 3 is 2.53 bits per heavy atom. The van der Waals surface area contributed by atoms with Gasteiger partial charge in [-0.15, -0.1) is 0 Å². The normalized spacial score (nSPS) is 12.2. The van der Waals surface area contributed by atoms with Gasteiger partial charge in [-0.25, -0.2) is 4.98 Å². The molecule has 0 amide bonds. The molecule has 100 valence electrons. The van der Waals surface area contributed by atoms with Gasteiger partial charge in [-0.05, 0) is 37.5 Å². The minimum Gasteiger partial charge on any atom is -0.380 e. The van der Waals surface area contributed by atoms with Crippen molar-refractivity contribution in [3.05, 3.63) is 57.8 Å². The maximum absolute atomic E-state index is 6.12. The lowest BCUT2D eigenvalue weighted by molar-refractivity contribution is 0.788. The van der Waals surface area contributed by atoms with Crippen LogP contribution in [0.2, 0.25) is 10.3 Å². The summed E-state index contributed by atoms with van der Waals surface area (Å²) in [4.78, 5) is 4.06. The molecule has 2 aromatic rings. The fourth-order valence-corrected chi connectivity index (χ4v) is 2.62. The number of aromatic nitrogens is 1. The zero-order chi connectivity index (χ0) is 13.8. The van der Waals surface area contributed by atoms with E-state index in [0.717, 1.165) is 17.7 Å². The smallest absolute Gasteiger partial charge is 0.154 e. The molecule has 1 heterocycles. The molecule has 1 unspecified atom stereocenters. The van der Waals surface area contributed by atoms with Crippen molar-refractivity contribution < 1.29 is 0 Å². The first-order valence-corrected chi connectivity index (χ1v) is 6.95. The number of benzene rings is 1. The maximum atomic E-state index is 6.12. The van der Waals surface area contributed by atoms with Crippen LogP contribution in [0.15, 0.2) is 36.4 Å². The van der Waals surface area contributed by atoms with Crippen molar-refractivity contribution in [2.75, 3.05) is 5.32 Å². The molecule has 0 aliphatic carbocycles. The Labute approximate surface area is 123 Å². The first-order chi connectivity index (χ1) is 9.06. The van der Waals surface area contributed by atoms with Crippen LogP contribution in [0.4, 0.5) is 5.69 Å². The van der Waals surface area contributed by atoms with E-state index in [1.165, 1.54) is 5.56 Å². The van der Waals surface area contributed by atoms with Gasteiger partial charge in [0.25, 0.3) is 0 Å². The Morgan fingerprint density at radius 1 is 1.21 bits per heavy atom. The van der Waals surface area contributed by atoms with Crippen molar-refractivity contribution in [3.63, 3.8) is 0 Å². The molecule has 2 rings (SSSR count). The summed E-state index contributed by atoms with van der Waals surface area (Å²) in [6, 6.07) is 12.4. The number of hydrogen-bond acceptors (Lipinski definition) is 2. The summed E-state index contributed by atoms with van der Waals surface area (Å²) in [7, 11) is 0. The van der Waals surface area contributed by atoms with Crippen molar-refractivity contribution in [1.82, 2.24) is 4.98 Å². The first-order valence-electron chi connectivity index (χ1n) is 6.19. The zero-order valence-electron chi connectivity index (χ0n) is 11.0. The highest BCUT2D eigenvalue weighted by Gasteiger charge is 2.11. The Bertz CT molecular complexity index is 532. The van der Waals surface area contributed by atoms with Crippen LogP contribution in [-0.4, -0.2) is 11.0 Å². The van der Waals surface area contributed by atoms with Gasteiger partial charge < -0.3 is 5.32 Å². The van der Waals surface area contributed by atoms with Crippen LogP contribution < -0.4 is 5.32 Å².